The topological polar surface area (TPSA) is 93.1 Å². The summed E-state index contributed by atoms with van der Waals surface area (Å²) in [5.74, 6) is 0.349. The lowest BCUT2D eigenvalue weighted by Crippen LogP contribution is -2.31. The molecule has 164 valence electrons. The molecule has 0 unspecified atom stereocenters. The van der Waals surface area contributed by atoms with Crippen molar-refractivity contribution in [3.05, 3.63) is 100 Å². The molecule has 0 bridgehead atoms. The van der Waals surface area contributed by atoms with E-state index in [9.17, 15) is 13.2 Å². The van der Waals surface area contributed by atoms with Gasteiger partial charge < -0.3 is 9.88 Å². The second-order valence-electron chi connectivity index (χ2n) is 6.97. The number of hydrogen-bond donors (Lipinski definition) is 2. The molecule has 0 saturated carbocycles. The molecule has 2 N–H and O–H groups in total. The van der Waals surface area contributed by atoms with E-state index in [2.05, 4.69) is 15.0 Å². The first-order valence-corrected chi connectivity index (χ1v) is 12.3. The number of thiophene rings is 1. The van der Waals surface area contributed by atoms with Crippen LogP contribution in [-0.2, 0) is 17.1 Å². The fraction of sp³-hybridized carbons (Fsp3) is 0.0909. The van der Waals surface area contributed by atoms with Crippen LogP contribution in [0.4, 0.5) is 5.69 Å². The Morgan fingerprint density at radius 3 is 2.41 bits per heavy atom. The van der Waals surface area contributed by atoms with Gasteiger partial charge in [-0.25, -0.2) is 13.4 Å². The number of aryl methyl sites for hydroxylation is 1. The monoisotopic (exact) mass is 486 g/mol. The summed E-state index contributed by atoms with van der Waals surface area (Å²) < 4.78 is 29.3. The van der Waals surface area contributed by atoms with Gasteiger partial charge in [0.05, 0.1) is 0 Å². The van der Waals surface area contributed by atoms with Crippen molar-refractivity contribution in [1.82, 2.24) is 14.9 Å². The van der Waals surface area contributed by atoms with Crippen molar-refractivity contribution < 1.29 is 13.2 Å². The molecule has 2 heterocycles. The number of nitrogens with one attached hydrogen (secondary N) is 2. The van der Waals surface area contributed by atoms with Gasteiger partial charge in [-0.15, -0.1) is 11.3 Å². The predicted octanol–water partition coefficient (Wildman–Crippen LogP) is 4.46. The Hall–Kier alpha value is -3.14. The van der Waals surface area contributed by atoms with Crippen molar-refractivity contribution in [2.45, 2.75) is 10.3 Å². The highest BCUT2D eigenvalue weighted by Gasteiger charge is 2.22. The van der Waals surface area contributed by atoms with Crippen molar-refractivity contribution in [2.24, 2.45) is 7.05 Å². The summed E-state index contributed by atoms with van der Waals surface area (Å²) in [5.41, 5.74) is 1.59. The number of hydrogen-bond acceptors (Lipinski definition) is 5. The number of anilines is 1. The van der Waals surface area contributed by atoms with Crippen molar-refractivity contribution in [2.75, 3.05) is 4.72 Å². The first-order valence-electron chi connectivity index (χ1n) is 9.53. The van der Waals surface area contributed by atoms with Gasteiger partial charge in [0.15, 0.2) is 0 Å². The Balaban J connectivity index is 1.54. The van der Waals surface area contributed by atoms with E-state index in [0.29, 0.717) is 22.1 Å². The number of sulfonamides is 1. The average molecular weight is 487 g/mol. The van der Waals surface area contributed by atoms with Crippen LogP contribution >= 0.6 is 22.9 Å². The first kappa shape index (κ1) is 22.1. The second kappa shape index (κ2) is 9.15. The maximum Gasteiger partial charge on any atom is 0.271 e. The summed E-state index contributed by atoms with van der Waals surface area (Å²) in [7, 11) is -1.80. The Morgan fingerprint density at radius 2 is 1.81 bits per heavy atom. The van der Waals surface area contributed by atoms with Crippen LogP contribution in [0.5, 0.6) is 0 Å². The summed E-state index contributed by atoms with van der Waals surface area (Å²) >= 11 is 7.14. The lowest BCUT2D eigenvalue weighted by atomic mass is 10.1. The highest BCUT2D eigenvalue weighted by Crippen LogP contribution is 2.24. The van der Waals surface area contributed by atoms with Gasteiger partial charge in [0.2, 0.25) is 0 Å². The molecule has 0 aliphatic carbocycles. The minimum atomic E-state index is -3.65. The second-order valence-corrected chi connectivity index (χ2v) is 10.3. The number of aromatic nitrogens is 2. The van der Waals surface area contributed by atoms with Gasteiger partial charge in [-0.05, 0) is 53.4 Å². The third-order valence-corrected chi connectivity index (χ3v) is 7.79. The smallest absolute Gasteiger partial charge is 0.271 e. The highest BCUT2D eigenvalue weighted by molar-refractivity contribution is 7.94. The molecule has 4 rings (SSSR count). The van der Waals surface area contributed by atoms with Gasteiger partial charge >= 0.3 is 0 Å². The minimum absolute atomic E-state index is 0.222. The van der Waals surface area contributed by atoms with Gasteiger partial charge in [0.25, 0.3) is 15.9 Å². The summed E-state index contributed by atoms with van der Waals surface area (Å²) in [6.07, 6.45) is 3.47. The van der Waals surface area contributed by atoms with Gasteiger partial charge in [-0.1, -0.05) is 29.8 Å². The normalized spacial score (nSPS) is 12.3. The Kier molecular flexibility index (Phi) is 6.31. The van der Waals surface area contributed by atoms with Crippen LogP contribution in [0, 0.1) is 0 Å². The van der Waals surface area contributed by atoms with Crippen LogP contribution in [0.2, 0.25) is 5.02 Å². The molecule has 0 radical (unpaired) electrons. The Morgan fingerprint density at radius 1 is 1.09 bits per heavy atom. The van der Waals surface area contributed by atoms with Crippen molar-refractivity contribution in [3.63, 3.8) is 0 Å². The zero-order valence-corrected chi connectivity index (χ0v) is 19.3. The quantitative estimate of drug-likeness (QED) is 0.403. The average Bonchev–Trinajstić information content (AvgIpc) is 3.45. The molecule has 4 aromatic rings. The van der Waals surface area contributed by atoms with Crippen molar-refractivity contribution in [1.29, 1.82) is 0 Å². The third kappa shape index (κ3) is 4.85. The van der Waals surface area contributed by atoms with E-state index < -0.39 is 16.1 Å². The van der Waals surface area contributed by atoms with Crippen LogP contribution in [0.15, 0.2) is 82.6 Å². The van der Waals surface area contributed by atoms with Gasteiger partial charge in [0, 0.05) is 35.7 Å². The Bertz CT molecular complexity index is 1320. The van der Waals surface area contributed by atoms with E-state index in [1.165, 1.54) is 6.07 Å². The zero-order chi connectivity index (χ0) is 22.7. The fourth-order valence-electron chi connectivity index (χ4n) is 3.13. The highest BCUT2D eigenvalue weighted by atomic mass is 35.5. The molecule has 7 nitrogen and oxygen atoms in total. The van der Waals surface area contributed by atoms with E-state index >= 15 is 0 Å². The third-order valence-electron chi connectivity index (χ3n) is 4.75. The molecule has 0 spiro atoms. The molecule has 0 aliphatic heterocycles. The summed E-state index contributed by atoms with van der Waals surface area (Å²) in [6, 6.07) is 16.1. The van der Waals surface area contributed by atoms with Crippen LogP contribution in [-0.4, -0.2) is 23.9 Å². The van der Waals surface area contributed by atoms with Gasteiger partial charge in [-0.3, -0.25) is 9.52 Å². The van der Waals surface area contributed by atoms with Crippen LogP contribution in [0.3, 0.4) is 0 Å². The molecule has 1 amide bonds. The van der Waals surface area contributed by atoms with E-state index in [-0.39, 0.29) is 10.1 Å². The van der Waals surface area contributed by atoms with E-state index in [4.69, 9.17) is 11.6 Å². The van der Waals surface area contributed by atoms with E-state index in [1.807, 2.05) is 23.7 Å². The molecular formula is C22H19ClN4O3S2. The number of carbonyl (C=O) groups excluding carboxylic acids is 1. The summed E-state index contributed by atoms with van der Waals surface area (Å²) in [4.78, 5) is 17.4. The van der Waals surface area contributed by atoms with Crippen molar-refractivity contribution in [3.8, 4) is 0 Å². The molecule has 10 heteroatoms. The Labute approximate surface area is 194 Å². The largest absolute Gasteiger partial charge is 0.338 e. The van der Waals surface area contributed by atoms with Crippen molar-refractivity contribution >= 4 is 44.6 Å². The number of amides is 1. The summed E-state index contributed by atoms with van der Waals surface area (Å²) in [6.45, 7) is 0. The number of imidazole rings is 1. The van der Waals surface area contributed by atoms with E-state index in [1.54, 1.807) is 60.2 Å². The molecule has 32 heavy (non-hydrogen) atoms. The maximum atomic E-state index is 13.0. The summed E-state index contributed by atoms with van der Waals surface area (Å²) in [5, 5.41) is 5.29. The van der Waals surface area contributed by atoms with Crippen LogP contribution in [0.25, 0.3) is 0 Å². The van der Waals surface area contributed by atoms with Crippen LogP contribution in [0.1, 0.15) is 27.8 Å². The van der Waals surface area contributed by atoms with E-state index in [0.717, 1.165) is 16.9 Å². The molecule has 0 fully saturated rings. The number of carbonyl (C=O) groups is 1. The lowest BCUT2D eigenvalue weighted by Gasteiger charge is -2.19. The number of halogens is 1. The number of benzene rings is 2. The number of nitrogens with zero attached hydrogens (tertiary/aromatic N) is 2. The molecular weight excluding hydrogens is 468 g/mol. The molecule has 1 atom stereocenters. The SMILES string of the molecule is Cn1ccnc1[C@@H](NC(=O)c1ccc(NS(=O)(=O)c2cccs2)cc1)c1ccc(Cl)cc1. The van der Waals surface area contributed by atoms with Crippen LogP contribution < -0.4 is 10.0 Å². The zero-order valence-electron chi connectivity index (χ0n) is 16.9. The first-order chi connectivity index (χ1) is 15.3. The minimum Gasteiger partial charge on any atom is -0.338 e. The molecule has 0 saturated heterocycles. The maximum absolute atomic E-state index is 13.0. The lowest BCUT2D eigenvalue weighted by molar-refractivity contribution is 0.0941. The molecule has 0 aliphatic rings. The molecule has 2 aromatic heterocycles. The van der Waals surface area contributed by atoms with Gasteiger partial charge in [0.1, 0.15) is 16.1 Å². The van der Waals surface area contributed by atoms with Gasteiger partial charge in [-0.2, -0.15) is 0 Å². The number of rotatable bonds is 7. The predicted molar refractivity (Wildman–Crippen MR) is 126 cm³/mol. The molecule has 2 aromatic carbocycles. The fourth-order valence-corrected chi connectivity index (χ4v) is 5.31. The standard InChI is InChI=1S/C22H19ClN4O3S2/c1-27-13-12-24-21(27)20(15-4-8-17(23)9-5-15)25-22(28)16-6-10-18(11-7-16)26-32(29,30)19-3-2-14-31-19/h2-14,20,26H,1H3,(H,25,28)/t20-/m0/s1.